The van der Waals surface area contributed by atoms with Gasteiger partial charge in [0.05, 0.1) is 4.91 Å². The summed E-state index contributed by atoms with van der Waals surface area (Å²) in [5.74, 6) is 0.887. The highest BCUT2D eigenvalue weighted by Gasteiger charge is 2.30. The van der Waals surface area contributed by atoms with Crippen molar-refractivity contribution in [2.45, 2.75) is 12.3 Å². The normalized spacial score (nSPS) is 17.1. The van der Waals surface area contributed by atoms with E-state index in [0.29, 0.717) is 0 Å². The highest BCUT2D eigenvalue weighted by molar-refractivity contribution is 8.04. The number of amidine groups is 1. The third kappa shape index (κ3) is 5.37. The van der Waals surface area contributed by atoms with Gasteiger partial charge in [0.15, 0.2) is 5.84 Å². The fraction of sp³-hybridized carbons (Fsp3) is 0.261. The van der Waals surface area contributed by atoms with Crippen LogP contribution in [0, 0.1) is 6.92 Å². The Labute approximate surface area is 192 Å². The molecule has 2 aliphatic heterocycles. The molecule has 32 heavy (non-hydrogen) atoms. The zero-order valence-electron chi connectivity index (χ0n) is 18.4. The molecule has 4 rings (SSSR count). The van der Waals surface area contributed by atoms with Crippen LogP contribution in [0.2, 0.25) is 0 Å². The largest absolute Gasteiger partial charge is 0.323 e. The first-order chi connectivity index (χ1) is 15.5. The Morgan fingerprint density at radius 2 is 1.91 bits per heavy atom. The minimum Gasteiger partial charge on any atom is -0.308 e. The van der Waals surface area contributed by atoms with Gasteiger partial charge in [0.1, 0.15) is 11.7 Å². The molecule has 0 aromatic heterocycles. The van der Waals surface area contributed by atoms with Crippen LogP contribution in [0.5, 0.6) is 0 Å². The van der Waals surface area contributed by atoms with E-state index in [2.05, 4.69) is 26.0 Å². The van der Waals surface area contributed by atoms with Crippen LogP contribution in [-0.2, 0) is 0 Å². The quantitative estimate of drug-likeness (QED) is 0.594. The number of nitrogens with zero attached hydrogens (tertiary/aromatic N) is 4. The number of benzene rings is 2. The van der Waals surface area contributed by atoms with Gasteiger partial charge in [-0.15, -0.1) is 0 Å². The van der Waals surface area contributed by atoms with Gasteiger partial charge >= 0.3 is 6.03 Å². The van der Waals surface area contributed by atoms with Crippen LogP contribution in [-0.4, -0.2) is 55.3 Å². The van der Waals surface area contributed by atoms with E-state index >= 15 is 0 Å². The van der Waals surface area contributed by atoms with Crippen LogP contribution in [0.15, 0.2) is 69.6 Å². The summed E-state index contributed by atoms with van der Waals surface area (Å²) in [5.41, 5.74) is 7.03. The van der Waals surface area contributed by atoms with Crippen molar-refractivity contribution in [3.05, 3.63) is 70.8 Å². The molecule has 0 saturated carbocycles. The van der Waals surface area contributed by atoms with E-state index in [0.717, 1.165) is 46.3 Å². The Bertz CT molecular complexity index is 1070. The van der Waals surface area contributed by atoms with Crippen molar-refractivity contribution in [3.8, 4) is 0 Å². The predicted molar refractivity (Wildman–Crippen MR) is 133 cm³/mol. The maximum absolute atomic E-state index is 12.3. The van der Waals surface area contributed by atoms with Gasteiger partial charge in [-0.05, 0) is 56.4 Å². The van der Waals surface area contributed by atoms with E-state index in [-0.39, 0.29) is 11.4 Å². The average Bonchev–Trinajstić information content (AvgIpc) is 3.19. The summed E-state index contributed by atoms with van der Waals surface area (Å²) in [6.07, 6.45) is 3.61. The van der Waals surface area contributed by atoms with Gasteiger partial charge in [-0.3, -0.25) is 0 Å². The van der Waals surface area contributed by atoms with Crippen LogP contribution < -0.4 is 16.1 Å². The molecule has 1 atom stereocenters. The number of urea groups is 1. The minimum atomic E-state index is -0.272. The molecule has 166 valence electrons. The molecule has 2 amide bonds. The molecule has 9 heteroatoms. The molecule has 8 nitrogen and oxygen atoms in total. The van der Waals surface area contributed by atoms with Gasteiger partial charge in [-0.2, -0.15) is 0 Å². The number of hydrogen-bond acceptors (Lipinski definition) is 7. The first kappa shape index (κ1) is 22.1. The molecule has 2 aromatic rings. The minimum absolute atomic E-state index is 0.0525. The molecule has 2 aromatic carbocycles. The highest BCUT2D eigenvalue weighted by atomic mass is 32.2. The van der Waals surface area contributed by atoms with Gasteiger partial charge < -0.3 is 15.5 Å². The molecule has 0 fully saturated rings. The number of anilines is 2. The lowest BCUT2D eigenvalue weighted by atomic mass is 10.1. The molecule has 2 heterocycles. The maximum atomic E-state index is 12.3. The third-order valence-corrected chi connectivity index (χ3v) is 6.09. The van der Waals surface area contributed by atoms with Crippen molar-refractivity contribution in [3.63, 3.8) is 0 Å². The Balaban J connectivity index is 1.42. The molecule has 0 aliphatic carbocycles. The van der Waals surface area contributed by atoms with E-state index in [1.165, 1.54) is 0 Å². The SMILES string of the molecule is Cc1cc(NC(=O)Nc2ccccc2)ccc1C1N=C2C(=CN=CN2NCCN(C)C)S1. The molecular formula is C23H27N7OS. The Hall–Kier alpha value is -3.14. The lowest BCUT2D eigenvalue weighted by Crippen LogP contribution is -2.45. The van der Waals surface area contributed by atoms with Crippen molar-refractivity contribution in [1.29, 1.82) is 0 Å². The number of fused-ring (bicyclic) bond motifs is 1. The van der Waals surface area contributed by atoms with Crippen molar-refractivity contribution in [1.82, 2.24) is 15.3 Å². The smallest absolute Gasteiger partial charge is 0.308 e. The fourth-order valence-corrected chi connectivity index (χ4v) is 4.52. The number of aliphatic imine (C=N–C) groups is 2. The van der Waals surface area contributed by atoms with Crippen molar-refractivity contribution in [2.75, 3.05) is 37.8 Å². The van der Waals surface area contributed by atoms with E-state index in [1.807, 2.05) is 80.8 Å². The van der Waals surface area contributed by atoms with Crippen molar-refractivity contribution < 1.29 is 4.79 Å². The number of para-hydroxylation sites is 1. The first-order valence-electron chi connectivity index (χ1n) is 10.4. The number of likely N-dealkylation sites (N-methyl/N-ethyl adjacent to an activating group) is 1. The summed E-state index contributed by atoms with van der Waals surface area (Å²) in [6.45, 7) is 3.75. The van der Waals surface area contributed by atoms with Crippen molar-refractivity contribution in [2.24, 2.45) is 9.98 Å². The monoisotopic (exact) mass is 449 g/mol. The van der Waals surface area contributed by atoms with Gasteiger partial charge in [-0.25, -0.2) is 25.2 Å². The molecule has 0 spiro atoms. The number of hydrogen-bond donors (Lipinski definition) is 3. The zero-order chi connectivity index (χ0) is 22.5. The molecule has 3 N–H and O–H groups in total. The number of carbonyl (C=O) groups excluding carboxylic acids is 1. The topological polar surface area (TPSA) is 84.4 Å². The van der Waals surface area contributed by atoms with E-state index in [4.69, 9.17) is 4.99 Å². The summed E-state index contributed by atoms with van der Waals surface area (Å²) in [5, 5.41) is 7.56. The molecule has 2 aliphatic rings. The van der Waals surface area contributed by atoms with Crippen LogP contribution in [0.1, 0.15) is 16.5 Å². The van der Waals surface area contributed by atoms with E-state index < -0.39 is 0 Å². The van der Waals surface area contributed by atoms with Crippen molar-refractivity contribution >= 4 is 41.3 Å². The summed E-state index contributed by atoms with van der Waals surface area (Å²) < 4.78 is 0. The van der Waals surface area contributed by atoms with Crippen LogP contribution in [0.4, 0.5) is 16.2 Å². The number of nitrogens with one attached hydrogen (secondary N) is 3. The van der Waals surface area contributed by atoms with Gasteiger partial charge in [0.25, 0.3) is 0 Å². The molecule has 0 bridgehead atoms. The van der Waals surface area contributed by atoms with Gasteiger partial charge in [0.2, 0.25) is 0 Å². The molecule has 0 radical (unpaired) electrons. The third-order valence-electron chi connectivity index (χ3n) is 4.97. The first-order valence-corrected chi connectivity index (χ1v) is 11.3. The summed E-state index contributed by atoms with van der Waals surface area (Å²) in [6, 6.07) is 15.0. The predicted octanol–water partition coefficient (Wildman–Crippen LogP) is 4.03. The lowest BCUT2D eigenvalue weighted by Gasteiger charge is -2.23. The molecule has 0 saturated heterocycles. The second-order valence-corrected chi connectivity index (χ2v) is 8.90. The maximum Gasteiger partial charge on any atom is 0.323 e. The number of rotatable bonds is 7. The van der Waals surface area contributed by atoms with Gasteiger partial charge in [-0.1, -0.05) is 36.0 Å². The summed E-state index contributed by atoms with van der Waals surface area (Å²) >= 11 is 1.68. The number of hydrazine groups is 1. The Morgan fingerprint density at radius 1 is 1.12 bits per heavy atom. The second-order valence-electron chi connectivity index (χ2n) is 7.78. The summed E-state index contributed by atoms with van der Waals surface area (Å²) in [4.78, 5) is 24.7. The molecular weight excluding hydrogens is 422 g/mol. The van der Waals surface area contributed by atoms with E-state index in [1.54, 1.807) is 18.1 Å². The van der Waals surface area contributed by atoms with Crippen LogP contribution in [0.25, 0.3) is 0 Å². The van der Waals surface area contributed by atoms with Gasteiger partial charge in [0, 0.05) is 30.7 Å². The molecule has 1 unspecified atom stereocenters. The second kappa shape index (κ2) is 9.99. The number of carbonyl (C=O) groups is 1. The van der Waals surface area contributed by atoms with E-state index in [9.17, 15) is 4.79 Å². The zero-order valence-corrected chi connectivity index (χ0v) is 19.2. The highest BCUT2D eigenvalue weighted by Crippen LogP contribution is 2.44. The fourth-order valence-electron chi connectivity index (χ4n) is 3.35. The Kier molecular flexibility index (Phi) is 6.89. The summed E-state index contributed by atoms with van der Waals surface area (Å²) in [7, 11) is 4.09. The van der Waals surface area contributed by atoms with Crippen LogP contribution >= 0.6 is 11.8 Å². The lowest BCUT2D eigenvalue weighted by molar-refractivity contribution is 0.262. The van der Waals surface area contributed by atoms with Crippen LogP contribution in [0.3, 0.4) is 0 Å². The number of thioether (sulfide) groups is 1. The average molecular weight is 450 g/mol. The Morgan fingerprint density at radius 3 is 2.66 bits per heavy atom. The standard InChI is InChI=1S/C23H27N7OS/c1-16-13-18(27-23(31)26-17-7-5-4-6-8-17)9-10-19(16)22-28-21-20(32-22)14-24-15-30(21)25-11-12-29(2)3/h4-10,13-15,22,25H,11-12H2,1-3H3,(H2,26,27,31). The number of amides is 2. The number of aryl methyl sites for hydroxylation is 1.